The topological polar surface area (TPSA) is 46.3 Å². The standard InChI is InChI=1S/C23H20F2N2O2/c1-14-6-7-15-12-16(24)8-9-19(15)27(14)22(28)23(10-11-23)21-13-20(29-26-21)17-4-2-3-5-18(17)25/h2-5,8-9,12-14H,6-7,10-11H2,1H3. The van der Waals surface area contributed by atoms with Gasteiger partial charge in [0.05, 0.1) is 16.7 Å². The maximum atomic E-state index is 14.1. The molecule has 1 aliphatic carbocycles. The summed E-state index contributed by atoms with van der Waals surface area (Å²) < 4.78 is 33.2. The zero-order chi connectivity index (χ0) is 20.2. The number of benzene rings is 2. The van der Waals surface area contributed by atoms with Crippen LogP contribution in [-0.4, -0.2) is 17.1 Å². The van der Waals surface area contributed by atoms with Crippen LogP contribution in [0.2, 0.25) is 0 Å². The molecule has 0 saturated heterocycles. The van der Waals surface area contributed by atoms with E-state index in [1.807, 2.05) is 6.92 Å². The molecule has 4 nitrogen and oxygen atoms in total. The molecule has 5 rings (SSSR count). The molecule has 1 unspecified atom stereocenters. The van der Waals surface area contributed by atoms with Gasteiger partial charge in [0, 0.05) is 17.8 Å². The molecule has 0 spiro atoms. The predicted octanol–water partition coefficient (Wildman–Crippen LogP) is 5.02. The molecule has 0 N–H and O–H groups in total. The molecule has 2 aromatic carbocycles. The number of hydrogen-bond acceptors (Lipinski definition) is 3. The van der Waals surface area contributed by atoms with Gasteiger partial charge in [-0.25, -0.2) is 8.78 Å². The number of hydrogen-bond donors (Lipinski definition) is 0. The van der Waals surface area contributed by atoms with Crippen LogP contribution < -0.4 is 4.90 Å². The average molecular weight is 394 g/mol. The predicted molar refractivity (Wildman–Crippen MR) is 104 cm³/mol. The minimum atomic E-state index is -0.760. The summed E-state index contributed by atoms with van der Waals surface area (Å²) in [6.45, 7) is 2.01. The van der Waals surface area contributed by atoms with E-state index in [0.29, 0.717) is 29.9 Å². The molecule has 3 aromatic rings. The molecule has 148 valence electrons. The van der Waals surface area contributed by atoms with Crippen molar-refractivity contribution in [3.8, 4) is 11.3 Å². The molecule has 1 atom stereocenters. The van der Waals surface area contributed by atoms with Crippen molar-refractivity contribution in [3.63, 3.8) is 0 Å². The van der Waals surface area contributed by atoms with Crippen molar-refractivity contribution in [1.29, 1.82) is 0 Å². The summed E-state index contributed by atoms with van der Waals surface area (Å²) >= 11 is 0. The fourth-order valence-corrected chi connectivity index (χ4v) is 4.25. The number of carbonyl (C=O) groups excluding carboxylic acids is 1. The Morgan fingerprint density at radius 2 is 1.97 bits per heavy atom. The molecule has 1 saturated carbocycles. The van der Waals surface area contributed by atoms with Gasteiger partial charge in [0.2, 0.25) is 5.91 Å². The first-order valence-corrected chi connectivity index (χ1v) is 9.84. The Morgan fingerprint density at radius 1 is 1.17 bits per heavy atom. The van der Waals surface area contributed by atoms with E-state index in [-0.39, 0.29) is 17.8 Å². The van der Waals surface area contributed by atoms with E-state index in [4.69, 9.17) is 4.52 Å². The van der Waals surface area contributed by atoms with Crippen molar-refractivity contribution >= 4 is 11.6 Å². The van der Waals surface area contributed by atoms with Crippen LogP contribution in [0, 0.1) is 11.6 Å². The Balaban J connectivity index is 1.51. The normalized spacial score (nSPS) is 19.7. The summed E-state index contributed by atoms with van der Waals surface area (Å²) in [5.41, 5.74) is 1.70. The van der Waals surface area contributed by atoms with Gasteiger partial charge >= 0.3 is 0 Å². The molecule has 1 fully saturated rings. The van der Waals surface area contributed by atoms with E-state index in [2.05, 4.69) is 5.16 Å². The van der Waals surface area contributed by atoms with Crippen LogP contribution >= 0.6 is 0 Å². The van der Waals surface area contributed by atoms with Crippen LogP contribution in [-0.2, 0) is 16.6 Å². The van der Waals surface area contributed by atoms with Crippen LogP contribution in [0.3, 0.4) is 0 Å². The smallest absolute Gasteiger partial charge is 0.239 e. The number of anilines is 1. The van der Waals surface area contributed by atoms with Gasteiger partial charge in [-0.3, -0.25) is 4.79 Å². The second-order valence-corrected chi connectivity index (χ2v) is 7.97. The maximum absolute atomic E-state index is 14.1. The van der Waals surface area contributed by atoms with Crippen molar-refractivity contribution in [3.05, 3.63) is 71.4 Å². The van der Waals surface area contributed by atoms with Crippen molar-refractivity contribution < 1.29 is 18.1 Å². The Morgan fingerprint density at radius 3 is 2.72 bits per heavy atom. The maximum Gasteiger partial charge on any atom is 0.239 e. The summed E-state index contributed by atoms with van der Waals surface area (Å²) in [4.78, 5) is 15.4. The zero-order valence-electron chi connectivity index (χ0n) is 16.0. The van der Waals surface area contributed by atoms with Crippen LogP contribution in [0.15, 0.2) is 53.1 Å². The zero-order valence-corrected chi connectivity index (χ0v) is 16.0. The van der Waals surface area contributed by atoms with Gasteiger partial charge in [-0.15, -0.1) is 0 Å². The van der Waals surface area contributed by atoms with Gasteiger partial charge in [-0.05, 0) is 68.5 Å². The third-order valence-electron chi connectivity index (χ3n) is 6.09. The molecule has 1 aliphatic heterocycles. The number of carbonyl (C=O) groups is 1. The number of aromatic nitrogens is 1. The van der Waals surface area contributed by atoms with Gasteiger partial charge in [-0.2, -0.15) is 0 Å². The van der Waals surface area contributed by atoms with Gasteiger partial charge in [0.15, 0.2) is 5.76 Å². The minimum absolute atomic E-state index is 0.0101. The lowest BCUT2D eigenvalue weighted by Crippen LogP contribution is -2.47. The molecule has 0 radical (unpaired) electrons. The summed E-state index contributed by atoms with van der Waals surface area (Å²) in [7, 11) is 0. The lowest BCUT2D eigenvalue weighted by molar-refractivity contribution is -0.121. The number of fused-ring (bicyclic) bond motifs is 1. The van der Waals surface area contributed by atoms with Gasteiger partial charge < -0.3 is 9.42 Å². The Bertz CT molecular complexity index is 1100. The van der Waals surface area contributed by atoms with Gasteiger partial charge in [0.25, 0.3) is 0 Å². The number of rotatable bonds is 3. The SMILES string of the molecule is CC1CCc2cc(F)ccc2N1C(=O)C1(c2cc(-c3ccccc3F)on2)CC1. The summed E-state index contributed by atoms with van der Waals surface area (Å²) in [5, 5.41) is 4.13. The van der Waals surface area contributed by atoms with E-state index in [1.54, 1.807) is 35.2 Å². The van der Waals surface area contributed by atoms with E-state index in [0.717, 1.165) is 24.1 Å². The van der Waals surface area contributed by atoms with E-state index in [9.17, 15) is 13.6 Å². The van der Waals surface area contributed by atoms with E-state index in [1.165, 1.54) is 18.2 Å². The fraction of sp³-hybridized carbons (Fsp3) is 0.304. The highest BCUT2D eigenvalue weighted by molar-refractivity contribution is 6.04. The van der Waals surface area contributed by atoms with Crippen LogP contribution in [0.4, 0.5) is 14.5 Å². The molecule has 29 heavy (non-hydrogen) atoms. The molecular weight excluding hydrogens is 374 g/mol. The van der Waals surface area contributed by atoms with Crippen LogP contribution in [0.5, 0.6) is 0 Å². The van der Waals surface area contributed by atoms with Crippen molar-refractivity contribution in [1.82, 2.24) is 5.16 Å². The van der Waals surface area contributed by atoms with Crippen LogP contribution in [0.1, 0.15) is 37.4 Å². The summed E-state index contributed by atoms with van der Waals surface area (Å²) in [6, 6.07) is 12.6. The first kappa shape index (κ1) is 18.0. The largest absolute Gasteiger partial charge is 0.356 e. The van der Waals surface area contributed by atoms with E-state index < -0.39 is 11.2 Å². The molecule has 1 amide bonds. The Kier molecular flexibility index (Phi) is 4.05. The highest BCUT2D eigenvalue weighted by Crippen LogP contribution is 2.51. The third kappa shape index (κ3) is 2.85. The molecule has 2 heterocycles. The lowest BCUT2D eigenvalue weighted by atomic mass is 9.92. The third-order valence-corrected chi connectivity index (χ3v) is 6.09. The Hall–Kier alpha value is -3.02. The molecule has 1 aromatic heterocycles. The van der Waals surface area contributed by atoms with Gasteiger partial charge in [-0.1, -0.05) is 17.3 Å². The van der Waals surface area contributed by atoms with Crippen molar-refractivity contribution in [2.45, 2.75) is 44.1 Å². The second-order valence-electron chi connectivity index (χ2n) is 7.97. The van der Waals surface area contributed by atoms with Gasteiger partial charge in [0.1, 0.15) is 11.6 Å². The minimum Gasteiger partial charge on any atom is -0.356 e. The molecular formula is C23H20F2N2O2. The summed E-state index contributed by atoms with van der Waals surface area (Å²) in [5.74, 6) is -0.429. The van der Waals surface area contributed by atoms with E-state index >= 15 is 0 Å². The van der Waals surface area contributed by atoms with Crippen molar-refractivity contribution in [2.24, 2.45) is 0 Å². The number of amides is 1. The number of aryl methyl sites for hydroxylation is 1. The second kappa shape index (κ2) is 6.51. The Labute approximate surface area is 167 Å². The monoisotopic (exact) mass is 394 g/mol. The molecule has 6 heteroatoms. The average Bonchev–Trinajstić information content (AvgIpc) is 3.38. The first-order chi connectivity index (χ1) is 14.0. The highest BCUT2D eigenvalue weighted by atomic mass is 19.1. The molecule has 0 bridgehead atoms. The fourth-order valence-electron chi connectivity index (χ4n) is 4.25. The number of halogens is 2. The summed E-state index contributed by atoms with van der Waals surface area (Å²) in [6.07, 6.45) is 2.84. The highest BCUT2D eigenvalue weighted by Gasteiger charge is 2.56. The van der Waals surface area contributed by atoms with Crippen LogP contribution in [0.25, 0.3) is 11.3 Å². The number of nitrogens with zero attached hydrogens (tertiary/aromatic N) is 2. The first-order valence-electron chi connectivity index (χ1n) is 9.84. The lowest BCUT2D eigenvalue weighted by Gasteiger charge is -2.37. The quantitative estimate of drug-likeness (QED) is 0.627. The molecule has 2 aliphatic rings. The van der Waals surface area contributed by atoms with Crippen molar-refractivity contribution in [2.75, 3.05) is 4.90 Å².